The normalized spacial score (nSPS) is 10.9. The molecule has 0 spiro atoms. The van der Waals surface area contributed by atoms with Crippen LogP contribution in [0.4, 0.5) is 4.79 Å². The predicted octanol–water partition coefficient (Wildman–Crippen LogP) is 2.84. The van der Waals surface area contributed by atoms with Crippen LogP contribution in [-0.4, -0.2) is 47.0 Å². The molecule has 0 unspecified atom stereocenters. The second-order valence-electron chi connectivity index (χ2n) is 5.85. The number of hydrogen-bond donors (Lipinski definition) is 0. The molecule has 0 fully saturated rings. The summed E-state index contributed by atoms with van der Waals surface area (Å²) in [4.78, 5) is 17.6. The second kappa shape index (κ2) is 6.90. The van der Waals surface area contributed by atoms with E-state index in [0.717, 1.165) is 22.2 Å². The fourth-order valence-electron chi connectivity index (χ4n) is 2.60. The summed E-state index contributed by atoms with van der Waals surface area (Å²) in [5.74, 6) is 0.223. The average molecular weight is 340 g/mol. The Morgan fingerprint density at radius 1 is 1.24 bits per heavy atom. The molecule has 3 aromatic rings. The first kappa shape index (κ1) is 16.9. The highest BCUT2D eigenvalue weighted by atomic mass is 16.6. The van der Waals surface area contributed by atoms with E-state index in [2.05, 4.69) is 10.1 Å². The molecule has 3 rings (SSSR count). The van der Waals surface area contributed by atoms with Gasteiger partial charge < -0.3 is 14.4 Å². The van der Waals surface area contributed by atoms with Crippen molar-refractivity contribution in [1.82, 2.24) is 19.7 Å². The maximum Gasteiger partial charge on any atom is 0.416 e. The summed E-state index contributed by atoms with van der Waals surface area (Å²) >= 11 is 0. The minimum atomic E-state index is -0.485. The molecule has 0 aliphatic rings. The zero-order valence-corrected chi connectivity index (χ0v) is 14.7. The lowest BCUT2D eigenvalue weighted by molar-refractivity contribution is 0.169. The third kappa shape index (κ3) is 3.32. The summed E-state index contributed by atoms with van der Waals surface area (Å²) in [5.41, 5.74) is 3.31. The molecule has 7 nitrogen and oxygen atoms in total. The van der Waals surface area contributed by atoms with Gasteiger partial charge in [-0.05, 0) is 5.56 Å². The molecule has 0 atom stereocenters. The van der Waals surface area contributed by atoms with E-state index in [1.807, 2.05) is 37.4 Å². The van der Waals surface area contributed by atoms with Gasteiger partial charge in [0.15, 0.2) is 5.65 Å². The zero-order valence-electron chi connectivity index (χ0n) is 14.7. The molecule has 0 radical (unpaired) electrons. The van der Waals surface area contributed by atoms with E-state index < -0.39 is 6.09 Å². The van der Waals surface area contributed by atoms with Crippen LogP contribution >= 0.6 is 0 Å². The van der Waals surface area contributed by atoms with E-state index in [0.29, 0.717) is 12.3 Å². The minimum Gasteiger partial charge on any atom is -0.391 e. The summed E-state index contributed by atoms with van der Waals surface area (Å²) in [6, 6.07) is 11.6. The molecule has 0 saturated carbocycles. The molecular weight excluding hydrogens is 320 g/mol. The lowest BCUT2D eigenvalue weighted by atomic mass is 10.1. The topological polar surface area (TPSA) is 69.5 Å². The smallest absolute Gasteiger partial charge is 0.391 e. The van der Waals surface area contributed by atoms with Gasteiger partial charge in [0.2, 0.25) is 5.88 Å². The molecule has 130 valence electrons. The number of aryl methyl sites for hydroxylation is 1. The molecule has 7 heteroatoms. The largest absolute Gasteiger partial charge is 0.416 e. The van der Waals surface area contributed by atoms with Gasteiger partial charge in [0.05, 0.1) is 12.0 Å². The highest BCUT2D eigenvalue weighted by molar-refractivity contribution is 5.94. The lowest BCUT2D eigenvalue weighted by Crippen LogP contribution is -2.25. The van der Waals surface area contributed by atoms with Crippen molar-refractivity contribution in [2.45, 2.75) is 6.61 Å². The van der Waals surface area contributed by atoms with E-state index >= 15 is 0 Å². The fourth-order valence-corrected chi connectivity index (χ4v) is 2.60. The van der Waals surface area contributed by atoms with Gasteiger partial charge in [-0.25, -0.2) is 9.48 Å². The molecule has 2 heterocycles. The Labute approximate surface area is 145 Å². The van der Waals surface area contributed by atoms with Crippen molar-refractivity contribution < 1.29 is 14.3 Å². The quantitative estimate of drug-likeness (QED) is 0.730. The van der Waals surface area contributed by atoms with Crippen molar-refractivity contribution in [3.8, 4) is 17.1 Å². The molecule has 25 heavy (non-hydrogen) atoms. The molecule has 2 aromatic heterocycles. The van der Waals surface area contributed by atoms with Gasteiger partial charge in [0.25, 0.3) is 0 Å². The van der Waals surface area contributed by atoms with Crippen LogP contribution in [0.25, 0.3) is 22.3 Å². The Morgan fingerprint density at radius 2 is 1.96 bits per heavy atom. The molecule has 1 amide bonds. The van der Waals surface area contributed by atoms with Crippen molar-refractivity contribution in [2.24, 2.45) is 7.05 Å². The Bertz CT molecular complexity index is 904. The van der Waals surface area contributed by atoms with Crippen LogP contribution in [-0.2, 0) is 18.4 Å². The molecule has 1 aromatic carbocycles. The Kier molecular flexibility index (Phi) is 4.67. The number of rotatable bonds is 4. The monoisotopic (exact) mass is 340 g/mol. The highest BCUT2D eigenvalue weighted by Crippen LogP contribution is 2.32. The van der Waals surface area contributed by atoms with Gasteiger partial charge in [-0.2, -0.15) is 10.1 Å². The molecule has 0 saturated heterocycles. The number of carbonyl (C=O) groups excluding carboxylic acids is 1. The summed E-state index contributed by atoms with van der Waals surface area (Å²) in [6.07, 6.45) is -0.485. The van der Waals surface area contributed by atoms with Crippen molar-refractivity contribution in [3.63, 3.8) is 0 Å². The van der Waals surface area contributed by atoms with Crippen molar-refractivity contribution in [2.75, 3.05) is 21.2 Å². The predicted molar refractivity (Wildman–Crippen MR) is 94.4 cm³/mol. The Hall–Kier alpha value is -2.93. The zero-order chi connectivity index (χ0) is 18.0. The number of nitrogens with zero attached hydrogens (tertiary/aromatic N) is 4. The van der Waals surface area contributed by atoms with Crippen LogP contribution in [0.5, 0.6) is 5.88 Å². The first-order valence-electron chi connectivity index (χ1n) is 7.81. The van der Waals surface area contributed by atoms with Gasteiger partial charge in [0, 0.05) is 39.9 Å². The number of benzene rings is 1. The van der Waals surface area contributed by atoms with E-state index in [1.165, 1.54) is 4.90 Å². The summed E-state index contributed by atoms with van der Waals surface area (Å²) in [6.45, 7) is 0.358. The number of ether oxygens (including phenoxy) is 2. The third-order valence-electron chi connectivity index (χ3n) is 3.76. The summed E-state index contributed by atoms with van der Waals surface area (Å²) < 4.78 is 12.3. The molecule has 0 aliphatic heterocycles. The number of carbonyl (C=O) groups is 1. The number of methoxy groups -OCH3 is 1. The number of amides is 1. The molecular formula is C18H20N4O3. The van der Waals surface area contributed by atoms with Gasteiger partial charge in [0.1, 0.15) is 5.69 Å². The SMILES string of the molecule is COCc1cc(OC(=O)N(C)C)nc2c1c(-c1ccccc1)nn2C. The van der Waals surface area contributed by atoms with Gasteiger partial charge >= 0.3 is 6.09 Å². The van der Waals surface area contributed by atoms with Crippen molar-refractivity contribution in [1.29, 1.82) is 0 Å². The standard InChI is InChI=1S/C18H20N4O3/c1-21(2)18(23)25-14-10-13(11-24-4)15-16(12-8-6-5-7-9-12)20-22(3)17(15)19-14/h5-10H,11H2,1-4H3. The Morgan fingerprint density at radius 3 is 2.60 bits per heavy atom. The van der Waals surface area contributed by atoms with E-state index in [-0.39, 0.29) is 5.88 Å². The molecule has 0 aliphatic carbocycles. The number of pyridine rings is 1. The van der Waals surface area contributed by atoms with Crippen LogP contribution in [0.3, 0.4) is 0 Å². The molecule has 0 N–H and O–H groups in total. The average Bonchev–Trinajstić information content (AvgIpc) is 2.93. The van der Waals surface area contributed by atoms with Gasteiger partial charge in [-0.3, -0.25) is 0 Å². The summed E-state index contributed by atoms with van der Waals surface area (Å²) in [7, 11) is 6.68. The maximum absolute atomic E-state index is 11.8. The first-order valence-corrected chi connectivity index (χ1v) is 7.81. The fraction of sp³-hybridized carbons (Fsp3) is 0.278. The van der Waals surface area contributed by atoms with E-state index in [9.17, 15) is 4.79 Å². The van der Waals surface area contributed by atoms with Crippen LogP contribution in [0, 0.1) is 0 Å². The highest BCUT2D eigenvalue weighted by Gasteiger charge is 2.19. The summed E-state index contributed by atoms with van der Waals surface area (Å²) in [5, 5.41) is 5.50. The number of aromatic nitrogens is 3. The van der Waals surface area contributed by atoms with E-state index in [4.69, 9.17) is 9.47 Å². The van der Waals surface area contributed by atoms with Crippen LogP contribution in [0.15, 0.2) is 36.4 Å². The minimum absolute atomic E-state index is 0.223. The third-order valence-corrected chi connectivity index (χ3v) is 3.76. The van der Waals surface area contributed by atoms with Crippen molar-refractivity contribution >= 4 is 17.1 Å². The van der Waals surface area contributed by atoms with Crippen LogP contribution in [0.2, 0.25) is 0 Å². The van der Waals surface area contributed by atoms with Crippen LogP contribution in [0.1, 0.15) is 5.56 Å². The molecule has 0 bridgehead atoms. The van der Waals surface area contributed by atoms with Gasteiger partial charge in [-0.15, -0.1) is 0 Å². The maximum atomic E-state index is 11.8. The number of hydrogen-bond acceptors (Lipinski definition) is 5. The van der Waals surface area contributed by atoms with Crippen molar-refractivity contribution in [3.05, 3.63) is 42.0 Å². The van der Waals surface area contributed by atoms with Crippen LogP contribution < -0.4 is 4.74 Å². The lowest BCUT2D eigenvalue weighted by Gasteiger charge is -2.11. The Balaban J connectivity index is 2.18. The van der Waals surface area contributed by atoms with Gasteiger partial charge in [-0.1, -0.05) is 30.3 Å². The first-order chi connectivity index (χ1) is 12.0. The van der Waals surface area contributed by atoms with E-state index in [1.54, 1.807) is 32.0 Å². The second-order valence-corrected chi connectivity index (χ2v) is 5.85. The number of fused-ring (bicyclic) bond motifs is 1.